The van der Waals surface area contributed by atoms with Crippen molar-refractivity contribution in [3.63, 3.8) is 0 Å². The Morgan fingerprint density at radius 2 is 2.17 bits per heavy atom. The molecule has 1 rings (SSSR count). The van der Waals surface area contributed by atoms with E-state index in [0.29, 0.717) is 5.30 Å². The standard InChI is InChI=1S/C8H12NO2P/c1-7-4-5-8(6-9-7)12(3,10)11-2/h4-6H,1-3H3. The fourth-order valence-corrected chi connectivity index (χ4v) is 1.63. The van der Waals surface area contributed by atoms with Gasteiger partial charge in [0.2, 0.25) is 7.37 Å². The molecule has 0 spiro atoms. The summed E-state index contributed by atoms with van der Waals surface area (Å²) < 4.78 is 16.5. The summed E-state index contributed by atoms with van der Waals surface area (Å²) >= 11 is 0. The molecule has 0 N–H and O–H groups in total. The number of rotatable bonds is 2. The van der Waals surface area contributed by atoms with Crippen molar-refractivity contribution >= 4 is 12.7 Å². The van der Waals surface area contributed by atoms with Crippen molar-refractivity contribution in [2.75, 3.05) is 13.8 Å². The minimum absolute atomic E-state index is 0.663. The maximum absolute atomic E-state index is 11.6. The van der Waals surface area contributed by atoms with Crippen molar-refractivity contribution in [3.8, 4) is 0 Å². The van der Waals surface area contributed by atoms with Crippen LogP contribution in [0.2, 0.25) is 0 Å². The summed E-state index contributed by atoms with van der Waals surface area (Å²) in [5, 5.41) is 0.663. The number of pyridine rings is 1. The summed E-state index contributed by atoms with van der Waals surface area (Å²) in [5.41, 5.74) is 0.912. The molecule has 0 amide bonds. The van der Waals surface area contributed by atoms with Gasteiger partial charge >= 0.3 is 0 Å². The van der Waals surface area contributed by atoms with Crippen LogP contribution < -0.4 is 5.30 Å². The number of hydrogen-bond donors (Lipinski definition) is 0. The number of hydrogen-bond acceptors (Lipinski definition) is 3. The lowest BCUT2D eigenvalue weighted by atomic mass is 10.4. The van der Waals surface area contributed by atoms with Gasteiger partial charge in [0.25, 0.3) is 0 Å². The average Bonchev–Trinajstić information content (AvgIpc) is 2.05. The fourth-order valence-electron chi connectivity index (χ4n) is 0.806. The van der Waals surface area contributed by atoms with Crippen LogP contribution in [0.3, 0.4) is 0 Å². The van der Waals surface area contributed by atoms with Gasteiger partial charge in [-0.15, -0.1) is 0 Å². The third-order valence-electron chi connectivity index (χ3n) is 1.71. The summed E-state index contributed by atoms with van der Waals surface area (Å²) in [7, 11) is -1.16. The maximum atomic E-state index is 11.6. The maximum Gasteiger partial charge on any atom is 0.230 e. The van der Waals surface area contributed by atoms with Crippen LogP contribution in [0.25, 0.3) is 0 Å². The zero-order valence-corrected chi connectivity index (χ0v) is 8.34. The Balaban J connectivity index is 3.05. The Bertz CT molecular complexity index is 307. The molecule has 1 heterocycles. The van der Waals surface area contributed by atoms with Crippen LogP contribution >= 0.6 is 7.37 Å². The largest absolute Gasteiger partial charge is 0.329 e. The molecular weight excluding hydrogens is 173 g/mol. The van der Waals surface area contributed by atoms with Crippen molar-refractivity contribution < 1.29 is 9.09 Å². The van der Waals surface area contributed by atoms with E-state index in [4.69, 9.17) is 4.52 Å². The first-order valence-electron chi connectivity index (χ1n) is 3.63. The van der Waals surface area contributed by atoms with E-state index in [1.807, 2.05) is 13.0 Å². The Labute approximate surface area is 72.2 Å². The third kappa shape index (κ3) is 1.93. The lowest BCUT2D eigenvalue weighted by Crippen LogP contribution is -2.05. The van der Waals surface area contributed by atoms with Crippen LogP contribution in [0.1, 0.15) is 5.69 Å². The normalized spacial score (nSPS) is 15.6. The van der Waals surface area contributed by atoms with Gasteiger partial charge in [0, 0.05) is 25.7 Å². The van der Waals surface area contributed by atoms with Gasteiger partial charge in [-0.25, -0.2) is 0 Å². The van der Waals surface area contributed by atoms with Gasteiger partial charge in [-0.3, -0.25) is 9.55 Å². The highest BCUT2D eigenvalue weighted by Crippen LogP contribution is 2.39. The van der Waals surface area contributed by atoms with E-state index in [9.17, 15) is 4.57 Å². The monoisotopic (exact) mass is 185 g/mol. The van der Waals surface area contributed by atoms with Crippen LogP contribution in [0, 0.1) is 6.92 Å². The molecule has 0 bridgehead atoms. The highest BCUT2D eigenvalue weighted by molar-refractivity contribution is 7.66. The first kappa shape index (κ1) is 9.43. The first-order chi connectivity index (χ1) is 5.56. The topological polar surface area (TPSA) is 39.2 Å². The Morgan fingerprint density at radius 3 is 2.58 bits per heavy atom. The van der Waals surface area contributed by atoms with Crippen LogP contribution in [0.15, 0.2) is 18.3 Å². The second-order valence-corrected chi connectivity index (χ2v) is 5.26. The van der Waals surface area contributed by atoms with Crippen molar-refractivity contribution in [2.45, 2.75) is 6.92 Å². The molecule has 0 fully saturated rings. The Kier molecular flexibility index (Phi) is 2.65. The number of nitrogens with zero attached hydrogens (tertiary/aromatic N) is 1. The zero-order chi connectivity index (χ0) is 9.19. The van der Waals surface area contributed by atoms with Crippen molar-refractivity contribution in [1.82, 2.24) is 4.98 Å². The Hall–Kier alpha value is -0.660. The lowest BCUT2D eigenvalue weighted by molar-refractivity contribution is 0.408. The van der Waals surface area contributed by atoms with Crippen LogP contribution in [-0.2, 0) is 9.09 Å². The van der Waals surface area contributed by atoms with Gasteiger partial charge in [-0.05, 0) is 19.1 Å². The van der Waals surface area contributed by atoms with Crippen LogP contribution in [-0.4, -0.2) is 18.8 Å². The second kappa shape index (κ2) is 3.38. The quantitative estimate of drug-likeness (QED) is 0.656. The highest BCUT2D eigenvalue weighted by atomic mass is 31.2. The van der Waals surface area contributed by atoms with E-state index >= 15 is 0 Å². The SMILES string of the molecule is COP(C)(=O)c1ccc(C)nc1. The molecule has 0 aromatic carbocycles. The number of aromatic nitrogens is 1. The predicted octanol–water partition coefficient (Wildman–Crippen LogP) is 1.57. The molecule has 66 valence electrons. The van der Waals surface area contributed by atoms with Gasteiger partial charge in [-0.2, -0.15) is 0 Å². The number of aryl methyl sites for hydroxylation is 1. The lowest BCUT2D eigenvalue weighted by Gasteiger charge is -2.09. The van der Waals surface area contributed by atoms with Gasteiger partial charge < -0.3 is 4.52 Å². The van der Waals surface area contributed by atoms with Crippen molar-refractivity contribution in [1.29, 1.82) is 0 Å². The van der Waals surface area contributed by atoms with Crippen molar-refractivity contribution in [2.24, 2.45) is 0 Å². The van der Waals surface area contributed by atoms with E-state index in [1.54, 1.807) is 18.9 Å². The molecule has 0 aliphatic carbocycles. The fraction of sp³-hybridized carbons (Fsp3) is 0.375. The van der Waals surface area contributed by atoms with Crippen LogP contribution in [0.5, 0.6) is 0 Å². The van der Waals surface area contributed by atoms with E-state index in [0.717, 1.165) is 5.69 Å². The molecule has 3 nitrogen and oxygen atoms in total. The molecule has 0 aliphatic heterocycles. The molecule has 0 saturated heterocycles. The van der Waals surface area contributed by atoms with Gasteiger partial charge in [-0.1, -0.05) is 0 Å². The molecule has 1 aromatic rings. The molecule has 0 aliphatic rings. The van der Waals surface area contributed by atoms with Gasteiger partial charge in [0.05, 0.1) is 5.30 Å². The first-order valence-corrected chi connectivity index (χ1v) is 5.70. The second-order valence-electron chi connectivity index (χ2n) is 2.69. The Morgan fingerprint density at radius 1 is 1.50 bits per heavy atom. The minimum atomic E-state index is -2.61. The van der Waals surface area contributed by atoms with E-state index in [1.165, 1.54) is 7.11 Å². The molecule has 1 atom stereocenters. The molecule has 1 unspecified atom stereocenters. The highest BCUT2D eigenvalue weighted by Gasteiger charge is 2.16. The molecule has 0 saturated carbocycles. The zero-order valence-electron chi connectivity index (χ0n) is 7.44. The summed E-state index contributed by atoms with van der Waals surface area (Å²) in [6, 6.07) is 3.61. The van der Waals surface area contributed by atoms with Gasteiger partial charge in [0.1, 0.15) is 0 Å². The summed E-state index contributed by atoms with van der Waals surface area (Å²) in [5.74, 6) is 0. The van der Waals surface area contributed by atoms with Gasteiger partial charge in [0.15, 0.2) is 0 Å². The smallest absolute Gasteiger partial charge is 0.230 e. The molecular formula is C8H12NO2P. The summed E-state index contributed by atoms with van der Waals surface area (Å²) in [6.45, 7) is 3.47. The molecule has 12 heavy (non-hydrogen) atoms. The average molecular weight is 185 g/mol. The molecule has 1 aromatic heterocycles. The third-order valence-corrected chi connectivity index (χ3v) is 3.61. The minimum Gasteiger partial charge on any atom is -0.329 e. The van der Waals surface area contributed by atoms with Crippen LogP contribution in [0.4, 0.5) is 0 Å². The molecule has 0 radical (unpaired) electrons. The van der Waals surface area contributed by atoms with E-state index in [-0.39, 0.29) is 0 Å². The molecule has 4 heteroatoms. The summed E-state index contributed by atoms with van der Waals surface area (Å²) in [4.78, 5) is 4.04. The predicted molar refractivity (Wildman–Crippen MR) is 49.1 cm³/mol. The van der Waals surface area contributed by atoms with E-state index < -0.39 is 7.37 Å². The van der Waals surface area contributed by atoms with Crippen molar-refractivity contribution in [3.05, 3.63) is 24.0 Å². The summed E-state index contributed by atoms with van der Waals surface area (Å²) in [6.07, 6.45) is 1.60. The van der Waals surface area contributed by atoms with E-state index in [2.05, 4.69) is 4.98 Å².